The minimum atomic E-state index is -0.509. The lowest BCUT2D eigenvalue weighted by Gasteiger charge is -2.04. The van der Waals surface area contributed by atoms with Crippen molar-refractivity contribution in [3.8, 4) is 17.1 Å². The first-order valence-electron chi connectivity index (χ1n) is 8.77. The number of nitrogens with zero attached hydrogens (tertiary/aromatic N) is 2. The maximum atomic E-state index is 12.1. The molecule has 1 amide bonds. The SMILES string of the molecule is CCOc1ccc(-c2cnc(CCC(=O)Nc3cccc([N+](=O)[O-])c3)o2)cc1. The number of non-ortho nitro benzene ring substituents is 1. The van der Waals surface area contributed by atoms with Gasteiger partial charge in [0.2, 0.25) is 5.91 Å². The molecule has 0 radical (unpaired) electrons. The van der Waals surface area contributed by atoms with E-state index in [9.17, 15) is 14.9 Å². The van der Waals surface area contributed by atoms with E-state index in [0.29, 0.717) is 30.4 Å². The number of nitrogens with one attached hydrogen (secondary N) is 1. The van der Waals surface area contributed by atoms with Crippen LogP contribution in [-0.4, -0.2) is 22.4 Å². The van der Waals surface area contributed by atoms with Gasteiger partial charge in [-0.2, -0.15) is 0 Å². The Morgan fingerprint density at radius 1 is 1.25 bits per heavy atom. The fourth-order valence-electron chi connectivity index (χ4n) is 2.58. The Bertz CT molecular complexity index is 966. The lowest BCUT2D eigenvalue weighted by atomic mass is 10.2. The van der Waals surface area contributed by atoms with Crippen LogP contribution in [0.5, 0.6) is 5.75 Å². The van der Waals surface area contributed by atoms with E-state index in [1.54, 1.807) is 12.3 Å². The number of rotatable bonds is 8. The molecule has 8 nitrogen and oxygen atoms in total. The number of amides is 1. The van der Waals surface area contributed by atoms with Gasteiger partial charge in [-0.3, -0.25) is 14.9 Å². The molecule has 144 valence electrons. The zero-order chi connectivity index (χ0) is 19.9. The van der Waals surface area contributed by atoms with Gasteiger partial charge in [0, 0.05) is 36.2 Å². The fraction of sp³-hybridized carbons (Fsp3) is 0.200. The molecule has 28 heavy (non-hydrogen) atoms. The van der Waals surface area contributed by atoms with E-state index >= 15 is 0 Å². The molecule has 0 saturated carbocycles. The molecule has 1 aromatic heterocycles. The third-order valence-corrected chi connectivity index (χ3v) is 3.91. The number of aromatic nitrogens is 1. The van der Waals surface area contributed by atoms with Crippen LogP contribution in [-0.2, 0) is 11.2 Å². The largest absolute Gasteiger partial charge is 0.494 e. The maximum absolute atomic E-state index is 12.1. The summed E-state index contributed by atoms with van der Waals surface area (Å²) in [6.07, 6.45) is 2.08. The Hall–Kier alpha value is -3.68. The summed E-state index contributed by atoms with van der Waals surface area (Å²) in [6.45, 7) is 2.52. The smallest absolute Gasteiger partial charge is 0.271 e. The minimum absolute atomic E-state index is 0.0782. The molecule has 2 aromatic carbocycles. The molecule has 1 heterocycles. The average Bonchev–Trinajstić information content (AvgIpc) is 3.16. The Labute approximate surface area is 161 Å². The Morgan fingerprint density at radius 2 is 2.04 bits per heavy atom. The summed E-state index contributed by atoms with van der Waals surface area (Å²) in [5.74, 6) is 1.56. The number of nitro benzene ring substituents is 1. The highest BCUT2D eigenvalue weighted by Crippen LogP contribution is 2.24. The van der Waals surface area contributed by atoms with Gasteiger partial charge >= 0.3 is 0 Å². The normalized spacial score (nSPS) is 10.5. The molecular formula is C20H19N3O5. The number of hydrogen-bond donors (Lipinski definition) is 1. The van der Waals surface area contributed by atoms with Crippen LogP contribution < -0.4 is 10.1 Å². The Balaban J connectivity index is 1.56. The summed E-state index contributed by atoms with van der Waals surface area (Å²) < 4.78 is 11.1. The van der Waals surface area contributed by atoms with Crippen molar-refractivity contribution in [1.29, 1.82) is 0 Å². The summed E-state index contributed by atoms with van der Waals surface area (Å²) in [7, 11) is 0. The van der Waals surface area contributed by atoms with Crippen LogP contribution in [0.1, 0.15) is 19.2 Å². The van der Waals surface area contributed by atoms with Crippen molar-refractivity contribution in [2.75, 3.05) is 11.9 Å². The van der Waals surface area contributed by atoms with Gasteiger partial charge < -0.3 is 14.5 Å². The first kappa shape index (κ1) is 19.1. The van der Waals surface area contributed by atoms with E-state index in [1.807, 2.05) is 31.2 Å². The zero-order valence-corrected chi connectivity index (χ0v) is 15.3. The number of anilines is 1. The predicted molar refractivity (Wildman–Crippen MR) is 103 cm³/mol. The third-order valence-electron chi connectivity index (χ3n) is 3.91. The summed E-state index contributed by atoms with van der Waals surface area (Å²) in [5.41, 5.74) is 1.16. The van der Waals surface area contributed by atoms with Crippen LogP contribution in [0.3, 0.4) is 0 Å². The highest BCUT2D eigenvalue weighted by molar-refractivity contribution is 5.91. The van der Waals surface area contributed by atoms with E-state index in [-0.39, 0.29) is 18.0 Å². The number of oxazole rings is 1. The number of carbonyl (C=O) groups is 1. The standard InChI is InChI=1S/C20H19N3O5/c1-2-27-17-8-6-14(7-9-17)18-13-21-20(28-18)11-10-19(24)22-15-4-3-5-16(12-15)23(25)26/h3-9,12-13H,2,10-11H2,1H3,(H,22,24). The highest BCUT2D eigenvalue weighted by atomic mass is 16.6. The van der Waals surface area contributed by atoms with Gasteiger partial charge in [-0.05, 0) is 37.3 Å². The summed E-state index contributed by atoms with van der Waals surface area (Å²) in [5, 5.41) is 13.4. The lowest BCUT2D eigenvalue weighted by Crippen LogP contribution is -2.12. The zero-order valence-electron chi connectivity index (χ0n) is 15.3. The van der Waals surface area contributed by atoms with Crippen molar-refractivity contribution in [3.63, 3.8) is 0 Å². The number of aryl methyl sites for hydroxylation is 1. The minimum Gasteiger partial charge on any atom is -0.494 e. The van der Waals surface area contributed by atoms with E-state index in [0.717, 1.165) is 11.3 Å². The third kappa shape index (κ3) is 4.94. The molecule has 1 N–H and O–H groups in total. The van der Waals surface area contributed by atoms with Gasteiger partial charge in [0.1, 0.15) is 5.75 Å². The van der Waals surface area contributed by atoms with Gasteiger partial charge in [0.25, 0.3) is 5.69 Å². The molecule has 3 rings (SSSR count). The first-order valence-corrected chi connectivity index (χ1v) is 8.77. The molecule has 0 unspecified atom stereocenters. The van der Waals surface area contributed by atoms with Gasteiger partial charge in [0.15, 0.2) is 11.7 Å². The van der Waals surface area contributed by atoms with E-state index in [2.05, 4.69) is 10.3 Å². The summed E-state index contributed by atoms with van der Waals surface area (Å²) in [4.78, 5) is 26.6. The van der Waals surface area contributed by atoms with E-state index < -0.39 is 4.92 Å². The highest BCUT2D eigenvalue weighted by Gasteiger charge is 2.11. The molecule has 0 fully saturated rings. The number of nitro groups is 1. The molecule has 0 spiro atoms. The number of carbonyl (C=O) groups excluding carboxylic acids is 1. The second-order valence-corrected chi connectivity index (χ2v) is 5.93. The maximum Gasteiger partial charge on any atom is 0.271 e. The molecule has 3 aromatic rings. The van der Waals surface area contributed by atoms with Crippen molar-refractivity contribution in [2.24, 2.45) is 0 Å². The van der Waals surface area contributed by atoms with Crippen molar-refractivity contribution in [3.05, 3.63) is 70.7 Å². The van der Waals surface area contributed by atoms with Gasteiger partial charge in [-0.25, -0.2) is 4.98 Å². The topological polar surface area (TPSA) is 108 Å². The van der Waals surface area contributed by atoms with Crippen LogP contribution in [0.25, 0.3) is 11.3 Å². The molecule has 0 atom stereocenters. The van der Waals surface area contributed by atoms with Crippen LogP contribution in [0, 0.1) is 10.1 Å². The van der Waals surface area contributed by atoms with Crippen molar-refractivity contribution >= 4 is 17.3 Å². The van der Waals surface area contributed by atoms with Crippen LogP contribution >= 0.6 is 0 Å². The molecule has 0 bridgehead atoms. The number of benzene rings is 2. The molecule has 0 saturated heterocycles. The van der Waals surface area contributed by atoms with Crippen molar-refractivity contribution in [2.45, 2.75) is 19.8 Å². The Morgan fingerprint density at radius 3 is 2.75 bits per heavy atom. The van der Waals surface area contributed by atoms with Crippen LogP contribution in [0.4, 0.5) is 11.4 Å². The molecule has 8 heteroatoms. The first-order chi connectivity index (χ1) is 13.5. The van der Waals surface area contributed by atoms with Crippen molar-refractivity contribution < 1.29 is 18.9 Å². The van der Waals surface area contributed by atoms with Gasteiger partial charge in [-0.1, -0.05) is 6.07 Å². The second kappa shape index (κ2) is 8.81. The quantitative estimate of drug-likeness (QED) is 0.462. The van der Waals surface area contributed by atoms with Crippen LogP contribution in [0.15, 0.2) is 59.1 Å². The average molecular weight is 381 g/mol. The van der Waals surface area contributed by atoms with Gasteiger partial charge in [-0.15, -0.1) is 0 Å². The van der Waals surface area contributed by atoms with E-state index in [4.69, 9.17) is 9.15 Å². The molecule has 0 aliphatic rings. The summed E-state index contributed by atoms with van der Waals surface area (Å²) in [6, 6.07) is 13.3. The Kier molecular flexibility index (Phi) is 6.01. The fourth-order valence-corrected chi connectivity index (χ4v) is 2.58. The number of hydrogen-bond acceptors (Lipinski definition) is 6. The second-order valence-electron chi connectivity index (χ2n) is 5.93. The predicted octanol–water partition coefficient (Wildman–Crippen LogP) is 4.22. The van der Waals surface area contributed by atoms with Gasteiger partial charge in [0.05, 0.1) is 17.7 Å². The molecule has 0 aliphatic heterocycles. The molecule has 0 aliphatic carbocycles. The lowest BCUT2D eigenvalue weighted by molar-refractivity contribution is -0.384. The monoisotopic (exact) mass is 381 g/mol. The summed E-state index contributed by atoms with van der Waals surface area (Å²) >= 11 is 0. The van der Waals surface area contributed by atoms with E-state index in [1.165, 1.54) is 18.2 Å². The van der Waals surface area contributed by atoms with Crippen molar-refractivity contribution in [1.82, 2.24) is 4.98 Å². The number of ether oxygens (including phenoxy) is 1. The van der Waals surface area contributed by atoms with Crippen LogP contribution in [0.2, 0.25) is 0 Å². The molecular weight excluding hydrogens is 362 g/mol.